The van der Waals surface area contributed by atoms with Gasteiger partial charge in [0, 0.05) is 18.5 Å². The number of aliphatic imine (C=N–C) groups is 1. The molecule has 0 saturated carbocycles. The molecule has 0 radical (unpaired) electrons. The normalized spacial score (nSPS) is 11.4. The first kappa shape index (κ1) is 17.3. The number of methoxy groups -OCH3 is 1. The first-order valence-electron chi connectivity index (χ1n) is 7.55. The molecule has 2 rings (SSSR count). The van der Waals surface area contributed by atoms with Crippen molar-refractivity contribution in [3.63, 3.8) is 0 Å². The van der Waals surface area contributed by atoms with Crippen LogP contribution in [0.4, 0.5) is 0 Å². The van der Waals surface area contributed by atoms with Crippen LogP contribution in [0.25, 0.3) is 0 Å². The summed E-state index contributed by atoms with van der Waals surface area (Å²) in [5.74, 6) is 1.28. The van der Waals surface area contributed by atoms with Gasteiger partial charge in [0.15, 0.2) is 5.96 Å². The summed E-state index contributed by atoms with van der Waals surface area (Å²) in [7, 11) is 1.66. The average Bonchev–Trinajstić information content (AvgIpc) is 3.07. The highest BCUT2D eigenvalue weighted by Gasteiger charge is 1.98. The van der Waals surface area contributed by atoms with Crippen molar-refractivity contribution in [1.29, 1.82) is 0 Å². The molecule has 0 spiro atoms. The summed E-state index contributed by atoms with van der Waals surface area (Å²) in [6.07, 6.45) is 0.955. The molecule has 0 unspecified atom stereocenters. The molecule has 2 aromatic rings. The van der Waals surface area contributed by atoms with Crippen molar-refractivity contribution in [1.82, 2.24) is 5.32 Å². The van der Waals surface area contributed by atoms with Crippen molar-refractivity contribution >= 4 is 17.3 Å². The molecule has 0 aliphatic heterocycles. The molecule has 0 aliphatic carbocycles. The number of nitrogens with two attached hydrogens (primary N) is 1. The van der Waals surface area contributed by atoms with Gasteiger partial charge >= 0.3 is 0 Å². The smallest absolute Gasteiger partial charge is 0.188 e. The van der Waals surface area contributed by atoms with Crippen LogP contribution in [0.5, 0.6) is 5.75 Å². The van der Waals surface area contributed by atoms with Crippen molar-refractivity contribution in [3.05, 3.63) is 52.2 Å². The zero-order valence-corrected chi connectivity index (χ0v) is 14.1. The number of nitrogens with zero attached hydrogens (tertiary/aromatic N) is 1. The second kappa shape index (κ2) is 9.86. The van der Waals surface area contributed by atoms with Crippen LogP contribution in [0.1, 0.15) is 10.4 Å². The SMILES string of the molecule is COCCOc1cccc(CN=C(N)NCCc2cccs2)c1. The predicted octanol–water partition coefficient (Wildman–Crippen LogP) is 2.42. The highest BCUT2D eigenvalue weighted by atomic mass is 32.1. The minimum atomic E-state index is 0.465. The van der Waals surface area contributed by atoms with Crippen molar-refractivity contribution in [2.24, 2.45) is 10.7 Å². The first-order chi connectivity index (χ1) is 11.3. The lowest BCUT2D eigenvalue weighted by molar-refractivity contribution is 0.146. The summed E-state index contributed by atoms with van der Waals surface area (Å²) in [5, 5.41) is 5.21. The predicted molar refractivity (Wildman–Crippen MR) is 95.2 cm³/mol. The maximum atomic E-state index is 5.89. The Labute approximate surface area is 141 Å². The number of benzene rings is 1. The first-order valence-corrected chi connectivity index (χ1v) is 8.43. The monoisotopic (exact) mass is 333 g/mol. The maximum Gasteiger partial charge on any atom is 0.188 e. The Kier molecular flexibility index (Phi) is 7.42. The van der Waals surface area contributed by atoms with Gasteiger partial charge in [-0.1, -0.05) is 18.2 Å². The zero-order valence-electron chi connectivity index (χ0n) is 13.3. The van der Waals surface area contributed by atoms with Gasteiger partial charge in [-0.15, -0.1) is 11.3 Å². The van der Waals surface area contributed by atoms with Crippen LogP contribution < -0.4 is 15.8 Å². The molecule has 124 valence electrons. The Bertz CT molecular complexity index is 600. The van der Waals surface area contributed by atoms with Crippen molar-refractivity contribution in [3.8, 4) is 5.75 Å². The Hall–Kier alpha value is -2.05. The summed E-state index contributed by atoms with van der Waals surface area (Å²) in [5.41, 5.74) is 6.95. The largest absolute Gasteiger partial charge is 0.491 e. The van der Waals surface area contributed by atoms with Crippen molar-refractivity contribution in [2.45, 2.75) is 13.0 Å². The van der Waals surface area contributed by atoms with Crippen molar-refractivity contribution in [2.75, 3.05) is 26.9 Å². The summed E-state index contributed by atoms with van der Waals surface area (Å²) in [6.45, 7) is 2.43. The molecule has 0 bridgehead atoms. The molecule has 23 heavy (non-hydrogen) atoms. The zero-order chi connectivity index (χ0) is 16.3. The van der Waals surface area contributed by atoms with E-state index in [4.69, 9.17) is 15.2 Å². The van der Waals surface area contributed by atoms with Crippen LogP contribution in [-0.2, 0) is 17.7 Å². The molecule has 6 heteroatoms. The molecule has 0 atom stereocenters. The topological polar surface area (TPSA) is 68.9 Å². The molecule has 3 N–H and O–H groups in total. The molecule has 0 amide bonds. The Morgan fingerprint density at radius 3 is 2.96 bits per heavy atom. The van der Waals surface area contributed by atoms with E-state index in [0.717, 1.165) is 24.3 Å². The summed E-state index contributed by atoms with van der Waals surface area (Å²) in [4.78, 5) is 5.70. The summed E-state index contributed by atoms with van der Waals surface area (Å²) < 4.78 is 10.5. The van der Waals surface area contributed by atoms with E-state index in [1.165, 1.54) is 4.88 Å². The molecule has 1 aromatic heterocycles. The maximum absolute atomic E-state index is 5.89. The molecule has 0 saturated heterocycles. The second-order valence-corrected chi connectivity index (χ2v) is 5.98. The summed E-state index contributed by atoms with van der Waals surface area (Å²) >= 11 is 1.75. The summed E-state index contributed by atoms with van der Waals surface area (Å²) in [6, 6.07) is 12.0. The van der Waals surface area contributed by atoms with Crippen LogP contribution >= 0.6 is 11.3 Å². The van der Waals surface area contributed by atoms with Gasteiger partial charge in [0.1, 0.15) is 12.4 Å². The number of ether oxygens (including phenoxy) is 2. The molecule has 0 fully saturated rings. The van der Waals surface area contributed by atoms with E-state index in [9.17, 15) is 0 Å². The fraction of sp³-hybridized carbons (Fsp3) is 0.353. The lowest BCUT2D eigenvalue weighted by Crippen LogP contribution is -2.33. The highest BCUT2D eigenvalue weighted by Crippen LogP contribution is 2.14. The van der Waals surface area contributed by atoms with E-state index in [1.54, 1.807) is 18.4 Å². The van der Waals surface area contributed by atoms with Gasteiger partial charge in [-0.3, -0.25) is 0 Å². The van der Waals surface area contributed by atoms with Gasteiger partial charge in [-0.25, -0.2) is 4.99 Å². The molecular formula is C17H23N3O2S. The number of hydrogen-bond donors (Lipinski definition) is 2. The Morgan fingerprint density at radius 2 is 2.17 bits per heavy atom. The third kappa shape index (κ3) is 6.71. The third-order valence-corrected chi connectivity index (χ3v) is 4.08. The number of hydrogen-bond acceptors (Lipinski definition) is 4. The van der Waals surface area contributed by atoms with Gasteiger partial charge in [0.2, 0.25) is 0 Å². The van der Waals surface area contributed by atoms with Gasteiger partial charge in [-0.05, 0) is 35.6 Å². The van der Waals surface area contributed by atoms with Crippen LogP contribution in [-0.4, -0.2) is 32.8 Å². The van der Waals surface area contributed by atoms with Crippen LogP contribution in [0.15, 0.2) is 46.8 Å². The quantitative estimate of drug-likeness (QED) is 0.420. The minimum Gasteiger partial charge on any atom is -0.491 e. The van der Waals surface area contributed by atoms with Crippen molar-refractivity contribution < 1.29 is 9.47 Å². The molecule has 1 aromatic carbocycles. The van der Waals surface area contributed by atoms with Gasteiger partial charge < -0.3 is 20.5 Å². The minimum absolute atomic E-state index is 0.465. The lowest BCUT2D eigenvalue weighted by atomic mass is 10.2. The van der Waals surface area contributed by atoms with E-state index in [2.05, 4.69) is 27.8 Å². The Balaban J connectivity index is 1.75. The van der Waals surface area contributed by atoms with E-state index >= 15 is 0 Å². The van der Waals surface area contributed by atoms with E-state index in [0.29, 0.717) is 25.7 Å². The van der Waals surface area contributed by atoms with Gasteiger partial charge in [0.05, 0.1) is 13.2 Å². The standard InChI is InChI=1S/C17H23N3O2S/c1-21-9-10-22-15-5-2-4-14(12-15)13-20-17(18)19-8-7-16-6-3-11-23-16/h2-6,11-12H,7-10,13H2,1H3,(H3,18,19,20). The number of rotatable bonds is 9. The molecular weight excluding hydrogens is 310 g/mol. The average molecular weight is 333 g/mol. The molecule has 0 aliphatic rings. The molecule has 1 heterocycles. The van der Waals surface area contributed by atoms with E-state index in [-0.39, 0.29) is 0 Å². The van der Waals surface area contributed by atoms with Gasteiger partial charge in [-0.2, -0.15) is 0 Å². The third-order valence-electron chi connectivity index (χ3n) is 3.14. The van der Waals surface area contributed by atoms with Crippen LogP contribution in [0.2, 0.25) is 0 Å². The van der Waals surface area contributed by atoms with E-state index < -0.39 is 0 Å². The highest BCUT2D eigenvalue weighted by molar-refractivity contribution is 7.09. The number of thiophene rings is 1. The second-order valence-electron chi connectivity index (χ2n) is 4.95. The number of nitrogens with one attached hydrogen (secondary N) is 1. The van der Waals surface area contributed by atoms with Gasteiger partial charge in [0.25, 0.3) is 0 Å². The fourth-order valence-electron chi connectivity index (χ4n) is 1.98. The number of guanidine groups is 1. The Morgan fingerprint density at radius 1 is 1.26 bits per heavy atom. The van der Waals surface area contributed by atoms with E-state index in [1.807, 2.05) is 24.3 Å². The lowest BCUT2D eigenvalue weighted by Gasteiger charge is -2.07. The van der Waals surface area contributed by atoms with Crippen LogP contribution in [0.3, 0.4) is 0 Å². The molecule has 5 nitrogen and oxygen atoms in total. The fourth-order valence-corrected chi connectivity index (χ4v) is 2.69. The van der Waals surface area contributed by atoms with Crippen LogP contribution in [0, 0.1) is 0 Å².